The van der Waals surface area contributed by atoms with Crippen LogP contribution in [0.3, 0.4) is 0 Å². The summed E-state index contributed by atoms with van der Waals surface area (Å²) in [7, 11) is -3.02. The van der Waals surface area contributed by atoms with Crippen LogP contribution in [-0.2, 0) is 10.0 Å². The lowest BCUT2D eigenvalue weighted by Crippen LogP contribution is -2.33. The van der Waals surface area contributed by atoms with Crippen LogP contribution in [0.4, 0.5) is 0 Å². The van der Waals surface area contributed by atoms with Gasteiger partial charge in [-0.1, -0.05) is 36.7 Å². The summed E-state index contributed by atoms with van der Waals surface area (Å²) in [5, 5.41) is -0.119. The van der Waals surface area contributed by atoms with Crippen molar-refractivity contribution in [1.29, 1.82) is 0 Å². The first kappa shape index (κ1) is 13.5. The number of rotatable bonds is 5. The lowest BCUT2D eigenvalue weighted by molar-refractivity contribution is 0.373. The van der Waals surface area contributed by atoms with Gasteiger partial charge in [0.2, 0.25) is 10.0 Å². The molecule has 15 heavy (non-hydrogen) atoms. The van der Waals surface area contributed by atoms with E-state index >= 15 is 0 Å². The quantitative estimate of drug-likeness (QED) is 0.791. The minimum Gasteiger partial charge on any atom is -0.214 e. The molecule has 90 valence electrons. The standard InChI is InChI=1S/C10H20BrNO2S/c1-10(2,3)6-8(11)7-12-15(13,14)9-4-5-9/h8-9,12H,4-7H2,1-3H3. The van der Waals surface area contributed by atoms with E-state index < -0.39 is 10.0 Å². The molecule has 0 aromatic heterocycles. The molecule has 1 fully saturated rings. The van der Waals surface area contributed by atoms with Gasteiger partial charge in [-0.2, -0.15) is 0 Å². The van der Waals surface area contributed by atoms with Crippen molar-refractivity contribution in [3.05, 3.63) is 0 Å². The second-order valence-corrected chi connectivity index (χ2v) is 8.80. The number of sulfonamides is 1. The lowest BCUT2D eigenvalue weighted by atomic mass is 9.91. The van der Waals surface area contributed by atoms with E-state index in [0.29, 0.717) is 6.54 Å². The van der Waals surface area contributed by atoms with Crippen molar-refractivity contribution in [3.63, 3.8) is 0 Å². The van der Waals surface area contributed by atoms with Crippen molar-refractivity contribution >= 4 is 26.0 Å². The Balaban J connectivity index is 2.30. The Bertz CT molecular complexity index is 304. The molecule has 0 aromatic carbocycles. The molecule has 1 saturated carbocycles. The number of hydrogen-bond acceptors (Lipinski definition) is 2. The molecule has 0 heterocycles. The van der Waals surface area contributed by atoms with Gasteiger partial charge >= 0.3 is 0 Å². The van der Waals surface area contributed by atoms with Gasteiger partial charge in [0.05, 0.1) is 5.25 Å². The zero-order valence-corrected chi connectivity index (χ0v) is 12.0. The summed E-state index contributed by atoms with van der Waals surface area (Å²) in [6.45, 7) is 6.94. The molecule has 0 amide bonds. The Morgan fingerprint density at radius 3 is 2.33 bits per heavy atom. The SMILES string of the molecule is CC(C)(C)CC(Br)CNS(=O)(=O)C1CC1. The molecule has 0 aromatic rings. The van der Waals surface area contributed by atoms with E-state index in [9.17, 15) is 8.42 Å². The van der Waals surface area contributed by atoms with Crippen LogP contribution in [-0.4, -0.2) is 25.0 Å². The Hall–Kier alpha value is 0.390. The molecule has 1 aliphatic carbocycles. The number of alkyl halides is 1. The number of hydrogen-bond donors (Lipinski definition) is 1. The highest BCUT2D eigenvalue weighted by atomic mass is 79.9. The predicted molar refractivity (Wildman–Crippen MR) is 66.7 cm³/mol. The highest BCUT2D eigenvalue weighted by molar-refractivity contribution is 9.09. The fourth-order valence-corrected chi connectivity index (χ4v) is 4.21. The van der Waals surface area contributed by atoms with Crippen LogP contribution in [0.15, 0.2) is 0 Å². The van der Waals surface area contributed by atoms with E-state index in [1.165, 1.54) is 0 Å². The van der Waals surface area contributed by atoms with E-state index in [4.69, 9.17) is 0 Å². The van der Waals surface area contributed by atoms with Gasteiger partial charge in [0, 0.05) is 11.4 Å². The molecular formula is C10H20BrNO2S. The third-order valence-corrected chi connectivity index (χ3v) is 4.87. The van der Waals surface area contributed by atoms with Crippen molar-refractivity contribution in [2.45, 2.75) is 50.1 Å². The van der Waals surface area contributed by atoms with Crippen LogP contribution < -0.4 is 4.72 Å². The first-order chi connectivity index (χ1) is 6.71. The topological polar surface area (TPSA) is 46.2 Å². The summed E-state index contributed by atoms with van der Waals surface area (Å²) >= 11 is 3.51. The maximum Gasteiger partial charge on any atom is 0.214 e. The molecule has 1 N–H and O–H groups in total. The number of nitrogens with one attached hydrogen (secondary N) is 1. The van der Waals surface area contributed by atoms with E-state index in [-0.39, 0.29) is 15.5 Å². The zero-order valence-electron chi connectivity index (χ0n) is 9.59. The summed E-state index contributed by atoms with van der Waals surface area (Å²) < 4.78 is 25.7. The van der Waals surface area contributed by atoms with Gasteiger partial charge in [0.15, 0.2) is 0 Å². The van der Waals surface area contributed by atoms with Crippen LogP contribution in [0.2, 0.25) is 0 Å². The number of halogens is 1. The smallest absolute Gasteiger partial charge is 0.214 e. The van der Waals surface area contributed by atoms with Crippen molar-refractivity contribution in [1.82, 2.24) is 4.72 Å². The van der Waals surface area contributed by atoms with Gasteiger partial charge in [0.25, 0.3) is 0 Å². The normalized spacial score (nSPS) is 20.3. The van der Waals surface area contributed by atoms with E-state index in [0.717, 1.165) is 19.3 Å². The molecule has 0 saturated heterocycles. The Labute approximate surface area is 101 Å². The Kier molecular flexibility index (Phi) is 4.23. The summed E-state index contributed by atoms with van der Waals surface area (Å²) in [6, 6.07) is 0. The first-order valence-electron chi connectivity index (χ1n) is 5.33. The first-order valence-corrected chi connectivity index (χ1v) is 7.79. The molecule has 0 radical (unpaired) electrons. The monoisotopic (exact) mass is 297 g/mol. The average Bonchev–Trinajstić information content (AvgIpc) is 2.79. The van der Waals surface area contributed by atoms with Crippen LogP contribution >= 0.6 is 15.9 Å². The van der Waals surface area contributed by atoms with Crippen LogP contribution in [0, 0.1) is 5.41 Å². The average molecular weight is 298 g/mol. The molecule has 0 bridgehead atoms. The minimum absolute atomic E-state index is 0.119. The summed E-state index contributed by atoms with van der Waals surface area (Å²) in [6.07, 6.45) is 2.60. The van der Waals surface area contributed by atoms with Crippen LogP contribution in [0.1, 0.15) is 40.0 Å². The molecule has 0 spiro atoms. The van der Waals surface area contributed by atoms with Gasteiger partial charge < -0.3 is 0 Å². The van der Waals surface area contributed by atoms with Gasteiger partial charge in [-0.15, -0.1) is 0 Å². The van der Waals surface area contributed by atoms with E-state index in [2.05, 4.69) is 41.4 Å². The third kappa shape index (κ3) is 5.31. The van der Waals surface area contributed by atoms with Crippen molar-refractivity contribution in [2.24, 2.45) is 5.41 Å². The summed E-state index contributed by atoms with van der Waals surface area (Å²) in [5.74, 6) is 0. The summed E-state index contributed by atoms with van der Waals surface area (Å²) in [4.78, 5) is 0.214. The molecule has 5 heteroatoms. The maximum absolute atomic E-state index is 11.5. The largest absolute Gasteiger partial charge is 0.214 e. The fourth-order valence-electron chi connectivity index (χ4n) is 1.44. The van der Waals surface area contributed by atoms with Crippen molar-refractivity contribution in [2.75, 3.05) is 6.54 Å². The Morgan fingerprint density at radius 1 is 1.40 bits per heavy atom. The molecule has 3 nitrogen and oxygen atoms in total. The molecule has 1 atom stereocenters. The molecule has 1 rings (SSSR count). The van der Waals surface area contributed by atoms with Crippen molar-refractivity contribution in [3.8, 4) is 0 Å². The molecule has 1 unspecified atom stereocenters. The van der Waals surface area contributed by atoms with E-state index in [1.807, 2.05) is 0 Å². The van der Waals surface area contributed by atoms with Gasteiger partial charge in [-0.05, 0) is 24.7 Å². The summed E-state index contributed by atoms with van der Waals surface area (Å²) in [5.41, 5.74) is 0.221. The third-order valence-electron chi connectivity index (χ3n) is 2.30. The highest BCUT2D eigenvalue weighted by Crippen LogP contribution is 2.28. The zero-order chi connectivity index (χ0) is 11.7. The van der Waals surface area contributed by atoms with Crippen molar-refractivity contribution < 1.29 is 8.42 Å². The predicted octanol–water partition coefficient (Wildman–Crippen LogP) is 2.27. The van der Waals surface area contributed by atoms with Gasteiger partial charge in [0.1, 0.15) is 0 Å². The minimum atomic E-state index is -3.02. The van der Waals surface area contributed by atoms with Gasteiger partial charge in [-0.25, -0.2) is 13.1 Å². The second kappa shape index (κ2) is 4.72. The van der Waals surface area contributed by atoms with E-state index in [1.54, 1.807) is 0 Å². The highest BCUT2D eigenvalue weighted by Gasteiger charge is 2.35. The maximum atomic E-state index is 11.5. The second-order valence-electron chi connectivity index (χ2n) is 5.45. The van der Waals surface area contributed by atoms with Crippen LogP contribution in [0.25, 0.3) is 0 Å². The Morgan fingerprint density at radius 2 is 1.93 bits per heavy atom. The van der Waals surface area contributed by atoms with Crippen LogP contribution in [0.5, 0.6) is 0 Å². The molecule has 1 aliphatic rings. The molecular weight excluding hydrogens is 278 g/mol. The fraction of sp³-hybridized carbons (Fsp3) is 1.00. The lowest BCUT2D eigenvalue weighted by Gasteiger charge is -2.22. The molecule has 0 aliphatic heterocycles. The van der Waals surface area contributed by atoms with Gasteiger partial charge in [-0.3, -0.25) is 0 Å².